The minimum absolute atomic E-state index is 0.0794. The van der Waals surface area contributed by atoms with Gasteiger partial charge < -0.3 is 25.4 Å². The molecule has 4 N–H and O–H groups in total. The lowest BCUT2D eigenvalue weighted by atomic mass is 9.98. The molecule has 0 fully saturated rings. The molecule has 4 rings (SSSR count). The molecule has 7 heteroatoms. The van der Waals surface area contributed by atoms with Crippen LogP contribution < -0.4 is 5.32 Å². The standard InChI is InChI=1S/C27H27NO6/c1-2-23(29)21-13-16(11-12-24(21)30)26(32)25(31)14-28-27(33)34-15-22-19-9-5-3-7-17(19)18-8-4-6-10-20(18)22/h3-13,22,25-26,30-32H,2,14-15H2,1H3,(H,28,33). The molecule has 1 aliphatic carbocycles. The van der Waals surface area contributed by atoms with Crippen LogP contribution >= 0.6 is 0 Å². The van der Waals surface area contributed by atoms with Gasteiger partial charge in [0.25, 0.3) is 0 Å². The van der Waals surface area contributed by atoms with E-state index in [1.54, 1.807) is 6.92 Å². The van der Waals surface area contributed by atoms with E-state index < -0.39 is 18.3 Å². The van der Waals surface area contributed by atoms with Crippen LogP contribution in [0.4, 0.5) is 4.79 Å². The lowest BCUT2D eigenvalue weighted by Gasteiger charge is -2.20. The van der Waals surface area contributed by atoms with Gasteiger partial charge in [-0.2, -0.15) is 0 Å². The Kier molecular flexibility index (Phi) is 6.95. The zero-order valence-electron chi connectivity index (χ0n) is 18.8. The molecule has 0 bridgehead atoms. The summed E-state index contributed by atoms with van der Waals surface area (Å²) in [4.78, 5) is 24.3. The SMILES string of the molecule is CCC(=O)c1cc(C(O)C(O)CNC(=O)OCC2c3ccccc3-c3ccccc32)ccc1O. The third-order valence-electron chi connectivity index (χ3n) is 6.15. The van der Waals surface area contributed by atoms with Crippen molar-refractivity contribution in [1.82, 2.24) is 5.32 Å². The van der Waals surface area contributed by atoms with Gasteiger partial charge in [-0.1, -0.05) is 61.5 Å². The van der Waals surface area contributed by atoms with Crippen molar-refractivity contribution >= 4 is 11.9 Å². The number of hydrogen-bond acceptors (Lipinski definition) is 6. The first kappa shape index (κ1) is 23.5. The number of phenolic OH excluding ortho intramolecular Hbond substituents is 1. The molecule has 34 heavy (non-hydrogen) atoms. The lowest BCUT2D eigenvalue weighted by molar-refractivity contribution is 0.0185. The largest absolute Gasteiger partial charge is 0.507 e. The van der Waals surface area contributed by atoms with Crippen molar-refractivity contribution in [2.24, 2.45) is 0 Å². The Bertz CT molecular complexity index is 1160. The number of benzene rings is 3. The van der Waals surface area contributed by atoms with Crippen LogP contribution in [0.1, 0.15) is 52.4 Å². The van der Waals surface area contributed by atoms with E-state index in [2.05, 4.69) is 17.4 Å². The molecule has 0 saturated carbocycles. The van der Waals surface area contributed by atoms with E-state index in [9.17, 15) is 24.9 Å². The number of aliphatic hydroxyl groups excluding tert-OH is 2. The number of aliphatic hydroxyl groups is 2. The summed E-state index contributed by atoms with van der Waals surface area (Å²) in [6.45, 7) is 1.55. The molecule has 0 radical (unpaired) electrons. The minimum Gasteiger partial charge on any atom is -0.507 e. The van der Waals surface area contributed by atoms with Crippen molar-refractivity contribution in [2.75, 3.05) is 13.2 Å². The quantitative estimate of drug-likeness (QED) is 0.378. The number of nitrogens with one attached hydrogen (secondary N) is 1. The number of ketones is 1. The van der Waals surface area contributed by atoms with Crippen molar-refractivity contribution in [3.05, 3.63) is 89.0 Å². The van der Waals surface area contributed by atoms with Crippen LogP contribution in [0, 0.1) is 0 Å². The summed E-state index contributed by atoms with van der Waals surface area (Å²) in [6, 6.07) is 20.1. The Hall–Kier alpha value is -3.68. The summed E-state index contributed by atoms with van der Waals surface area (Å²) >= 11 is 0. The van der Waals surface area contributed by atoms with E-state index in [4.69, 9.17) is 4.74 Å². The molecule has 3 aromatic carbocycles. The molecule has 1 aliphatic rings. The number of phenols is 1. The fourth-order valence-electron chi connectivity index (χ4n) is 4.32. The van der Waals surface area contributed by atoms with Crippen LogP contribution in [-0.4, -0.2) is 46.5 Å². The van der Waals surface area contributed by atoms with Crippen molar-refractivity contribution in [3.63, 3.8) is 0 Å². The van der Waals surface area contributed by atoms with E-state index in [0.717, 1.165) is 22.3 Å². The number of carbonyl (C=O) groups excluding carboxylic acids is 2. The first-order valence-corrected chi connectivity index (χ1v) is 11.2. The van der Waals surface area contributed by atoms with Crippen LogP contribution in [0.25, 0.3) is 11.1 Å². The molecule has 0 aliphatic heterocycles. The molecule has 3 aromatic rings. The van der Waals surface area contributed by atoms with Gasteiger partial charge >= 0.3 is 6.09 Å². The van der Waals surface area contributed by atoms with Crippen LogP contribution in [0.2, 0.25) is 0 Å². The van der Waals surface area contributed by atoms with Crippen LogP contribution in [0.3, 0.4) is 0 Å². The Morgan fingerprint density at radius 1 is 0.971 bits per heavy atom. The van der Waals surface area contributed by atoms with E-state index in [0.29, 0.717) is 0 Å². The number of rotatable bonds is 8. The molecule has 176 valence electrons. The number of hydrogen-bond donors (Lipinski definition) is 4. The van der Waals surface area contributed by atoms with Crippen molar-refractivity contribution in [3.8, 4) is 16.9 Å². The van der Waals surface area contributed by atoms with Gasteiger partial charge in [-0.25, -0.2) is 4.79 Å². The van der Waals surface area contributed by atoms with Crippen molar-refractivity contribution < 1.29 is 29.6 Å². The Morgan fingerprint density at radius 3 is 2.21 bits per heavy atom. The third kappa shape index (κ3) is 4.66. The summed E-state index contributed by atoms with van der Waals surface area (Å²) in [7, 11) is 0. The van der Waals surface area contributed by atoms with E-state index in [1.807, 2.05) is 36.4 Å². The molecule has 7 nitrogen and oxygen atoms in total. The number of fused-ring (bicyclic) bond motifs is 3. The maximum absolute atomic E-state index is 12.3. The van der Waals surface area contributed by atoms with Gasteiger partial charge in [0, 0.05) is 18.9 Å². The second-order valence-corrected chi connectivity index (χ2v) is 8.27. The van der Waals surface area contributed by atoms with Crippen molar-refractivity contribution in [1.29, 1.82) is 0 Å². The fraction of sp³-hybridized carbons (Fsp3) is 0.259. The molecular weight excluding hydrogens is 434 g/mol. The normalized spacial score (nSPS) is 14.1. The molecule has 2 unspecified atom stereocenters. The van der Waals surface area contributed by atoms with Gasteiger partial charge in [0.05, 0.1) is 5.56 Å². The average Bonchev–Trinajstić information content (AvgIpc) is 3.19. The number of Topliss-reactive ketones (excluding diaryl/α,β-unsaturated/α-hetero) is 1. The highest BCUT2D eigenvalue weighted by atomic mass is 16.5. The summed E-state index contributed by atoms with van der Waals surface area (Å²) in [5.41, 5.74) is 4.78. The third-order valence-corrected chi connectivity index (χ3v) is 6.15. The van der Waals surface area contributed by atoms with Gasteiger partial charge in [0.2, 0.25) is 0 Å². The zero-order valence-corrected chi connectivity index (χ0v) is 18.8. The molecule has 0 saturated heterocycles. The molecule has 0 heterocycles. The highest BCUT2D eigenvalue weighted by Crippen LogP contribution is 2.44. The Balaban J connectivity index is 1.35. The predicted octanol–water partition coefficient (Wildman–Crippen LogP) is 3.92. The summed E-state index contributed by atoms with van der Waals surface area (Å²) in [5.74, 6) is -0.549. The number of amides is 1. The predicted molar refractivity (Wildman–Crippen MR) is 127 cm³/mol. The molecule has 0 aromatic heterocycles. The summed E-state index contributed by atoms with van der Waals surface area (Å²) < 4.78 is 5.44. The highest BCUT2D eigenvalue weighted by molar-refractivity contribution is 5.98. The van der Waals surface area contributed by atoms with Crippen LogP contribution in [0.15, 0.2) is 66.7 Å². The second kappa shape index (κ2) is 10.1. The first-order valence-electron chi connectivity index (χ1n) is 11.2. The number of ether oxygens (including phenoxy) is 1. The topological polar surface area (TPSA) is 116 Å². The Labute approximate surface area is 197 Å². The Morgan fingerprint density at radius 2 is 1.59 bits per heavy atom. The first-order chi connectivity index (χ1) is 16.4. The summed E-state index contributed by atoms with van der Waals surface area (Å²) in [6.07, 6.45) is -3.22. The molecular formula is C27H27NO6. The highest BCUT2D eigenvalue weighted by Gasteiger charge is 2.29. The maximum Gasteiger partial charge on any atom is 0.407 e. The average molecular weight is 462 g/mol. The molecule has 2 atom stereocenters. The number of alkyl carbamates (subject to hydrolysis) is 1. The van der Waals surface area contributed by atoms with Gasteiger partial charge in [-0.3, -0.25) is 4.79 Å². The zero-order chi connectivity index (χ0) is 24.2. The van der Waals surface area contributed by atoms with E-state index in [1.165, 1.54) is 18.2 Å². The van der Waals surface area contributed by atoms with Crippen LogP contribution in [0.5, 0.6) is 5.75 Å². The fourth-order valence-corrected chi connectivity index (χ4v) is 4.32. The lowest BCUT2D eigenvalue weighted by Crippen LogP contribution is -2.36. The van der Waals surface area contributed by atoms with Gasteiger partial charge in [0.1, 0.15) is 24.6 Å². The van der Waals surface area contributed by atoms with Crippen molar-refractivity contribution in [2.45, 2.75) is 31.5 Å². The number of aromatic hydroxyl groups is 1. The van der Waals surface area contributed by atoms with Gasteiger partial charge in [0.15, 0.2) is 5.78 Å². The second-order valence-electron chi connectivity index (χ2n) is 8.27. The van der Waals surface area contributed by atoms with E-state index in [-0.39, 0.29) is 48.2 Å². The van der Waals surface area contributed by atoms with Crippen LogP contribution in [-0.2, 0) is 4.74 Å². The van der Waals surface area contributed by atoms with Gasteiger partial charge in [-0.05, 0) is 39.9 Å². The molecule has 0 spiro atoms. The smallest absolute Gasteiger partial charge is 0.407 e. The maximum atomic E-state index is 12.3. The van der Waals surface area contributed by atoms with Gasteiger partial charge in [-0.15, -0.1) is 0 Å². The van der Waals surface area contributed by atoms with E-state index >= 15 is 0 Å². The summed E-state index contributed by atoms with van der Waals surface area (Å²) in [5, 5.41) is 33.1. The minimum atomic E-state index is -1.36. The monoisotopic (exact) mass is 461 g/mol. The molecule has 1 amide bonds. The number of carbonyl (C=O) groups is 2.